The second-order valence-electron chi connectivity index (χ2n) is 4.31. The van der Waals surface area contributed by atoms with E-state index in [1.54, 1.807) is 25.3 Å². The van der Waals surface area contributed by atoms with Crippen molar-refractivity contribution < 1.29 is 14.6 Å². The topological polar surface area (TPSA) is 70.6 Å². The van der Waals surface area contributed by atoms with Gasteiger partial charge in [0, 0.05) is 11.1 Å². The molecule has 98 valence electrons. The molecule has 3 unspecified atom stereocenters. The highest BCUT2D eigenvalue weighted by molar-refractivity contribution is 6.31. The van der Waals surface area contributed by atoms with Crippen molar-refractivity contribution >= 4 is 17.6 Å². The summed E-state index contributed by atoms with van der Waals surface area (Å²) in [5, 5.41) is 9.75. The Morgan fingerprint density at radius 1 is 1.44 bits per heavy atom. The van der Waals surface area contributed by atoms with E-state index in [0.29, 0.717) is 10.8 Å². The molecule has 0 bridgehead atoms. The van der Waals surface area contributed by atoms with Gasteiger partial charge in [0.2, 0.25) is 0 Å². The van der Waals surface area contributed by atoms with Gasteiger partial charge in [-0.15, -0.1) is 0 Å². The average Bonchev–Trinajstić information content (AvgIpc) is 2.70. The smallest absolute Gasteiger partial charge is 0.310 e. The van der Waals surface area contributed by atoms with Crippen LogP contribution >= 0.6 is 11.6 Å². The van der Waals surface area contributed by atoms with E-state index in [0.717, 1.165) is 5.56 Å². The molecule has 0 spiro atoms. The summed E-state index contributed by atoms with van der Waals surface area (Å²) in [6, 6.07) is 4.72. The second kappa shape index (κ2) is 5.14. The van der Waals surface area contributed by atoms with Crippen LogP contribution in [0.5, 0.6) is 5.75 Å². The van der Waals surface area contributed by atoms with E-state index in [1.807, 2.05) is 6.92 Å². The van der Waals surface area contributed by atoms with Crippen molar-refractivity contribution in [2.24, 2.45) is 5.92 Å². The molecule has 0 amide bonds. The van der Waals surface area contributed by atoms with E-state index in [1.165, 1.54) is 0 Å². The maximum absolute atomic E-state index is 11.3. The van der Waals surface area contributed by atoms with Gasteiger partial charge in [0.15, 0.2) is 0 Å². The number of carboxylic acid groups (broad SMARTS) is 1. The summed E-state index contributed by atoms with van der Waals surface area (Å²) in [6.45, 7) is 1.82. The molecular formula is C12H15ClN2O3. The monoisotopic (exact) mass is 270 g/mol. The van der Waals surface area contributed by atoms with Gasteiger partial charge in [0.05, 0.1) is 19.1 Å². The number of halogens is 1. The third-order valence-electron chi connectivity index (χ3n) is 3.19. The number of ether oxygens (including phenoxy) is 1. The minimum atomic E-state index is -0.850. The quantitative estimate of drug-likeness (QED) is 0.778. The maximum atomic E-state index is 11.3. The number of hydrogen-bond acceptors (Lipinski definition) is 4. The Morgan fingerprint density at radius 2 is 2.17 bits per heavy atom. The predicted molar refractivity (Wildman–Crippen MR) is 67.6 cm³/mol. The first-order chi connectivity index (χ1) is 8.54. The number of aliphatic carboxylic acids is 1. The van der Waals surface area contributed by atoms with E-state index in [2.05, 4.69) is 10.9 Å². The van der Waals surface area contributed by atoms with Crippen molar-refractivity contribution in [2.75, 3.05) is 7.11 Å². The Labute approximate surface area is 110 Å². The molecule has 3 atom stereocenters. The molecule has 1 saturated heterocycles. The summed E-state index contributed by atoms with van der Waals surface area (Å²) in [5.41, 5.74) is 6.66. The van der Waals surface area contributed by atoms with E-state index in [4.69, 9.17) is 16.3 Å². The van der Waals surface area contributed by atoms with Crippen molar-refractivity contribution in [3.63, 3.8) is 0 Å². The van der Waals surface area contributed by atoms with Crippen LogP contribution in [0.15, 0.2) is 18.2 Å². The molecule has 0 aromatic heterocycles. The summed E-state index contributed by atoms with van der Waals surface area (Å²) < 4.78 is 5.07. The van der Waals surface area contributed by atoms with E-state index in [9.17, 15) is 9.90 Å². The molecule has 1 heterocycles. The standard InChI is InChI=1S/C12H15ClN2O3/c1-6-10(12(16)17)11(15-14-6)8-4-3-7(18-2)5-9(8)13/h3-6,10-11,14-15H,1-2H3,(H,16,17). The second-order valence-corrected chi connectivity index (χ2v) is 4.71. The maximum Gasteiger partial charge on any atom is 0.310 e. The number of methoxy groups -OCH3 is 1. The molecule has 2 rings (SSSR count). The lowest BCUT2D eigenvalue weighted by Crippen LogP contribution is -2.30. The lowest BCUT2D eigenvalue weighted by Gasteiger charge is -2.18. The molecule has 1 aromatic carbocycles. The van der Waals surface area contributed by atoms with E-state index >= 15 is 0 Å². The molecule has 5 nitrogen and oxygen atoms in total. The van der Waals surface area contributed by atoms with Crippen LogP contribution in [0.25, 0.3) is 0 Å². The van der Waals surface area contributed by atoms with Crippen molar-refractivity contribution in [1.82, 2.24) is 10.9 Å². The van der Waals surface area contributed by atoms with Gasteiger partial charge in [-0.3, -0.25) is 10.2 Å². The predicted octanol–water partition coefficient (Wildman–Crippen LogP) is 1.59. The molecule has 1 fully saturated rings. The number of carbonyl (C=O) groups is 1. The number of nitrogens with one attached hydrogen (secondary N) is 2. The number of hydrogen-bond donors (Lipinski definition) is 3. The normalized spacial score (nSPS) is 27.2. The zero-order chi connectivity index (χ0) is 13.3. The van der Waals surface area contributed by atoms with Gasteiger partial charge in [-0.1, -0.05) is 17.7 Å². The van der Waals surface area contributed by atoms with Crippen molar-refractivity contribution in [2.45, 2.75) is 19.0 Å². The summed E-state index contributed by atoms with van der Waals surface area (Å²) in [6.07, 6.45) is 0. The molecule has 0 radical (unpaired) electrons. The Balaban J connectivity index is 2.33. The fraction of sp³-hybridized carbons (Fsp3) is 0.417. The third kappa shape index (κ3) is 2.29. The molecule has 18 heavy (non-hydrogen) atoms. The van der Waals surface area contributed by atoms with Crippen molar-refractivity contribution in [1.29, 1.82) is 0 Å². The van der Waals surface area contributed by atoms with Gasteiger partial charge in [-0.05, 0) is 24.6 Å². The average molecular weight is 271 g/mol. The van der Waals surface area contributed by atoms with Gasteiger partial charge in [-0.2, -0.15) is 0 Å². The van der Waals surface area contributed by atoms with Crippen LogP contribution in [0.3, 0.4) is 0 Å². The summed E-state index contributed by atoms with van der Waals surface area (Å²) in [5.74, 6) is -0.762. The van der Waals surface area contributed by atoms with Crippen LogP contribution in [0.1, 0.15) is 18.5 Å². The molecule has 1 aliphatic heterocycles. The zero-order valence-electron chi connectivity index (χ0n) is 10.1. The van der Waals surface area contributed by atoms with Crippen LogP contribution in [0.4, 0.5) is 0 Å². The number of rotatable bonds is 3. The van der Waals surface area contributed by atoms with E-state index in [-0.39, 0.29) is 12.1 Å². The minimum absolute atomic E-state index is 0.161. The largest absolute Gasteiger partial charge is 0.497 e. The lowest BCUT2D eigenvalue weighted by atomic mass is 9.90. The van der Waals surface area contributed by atoms with Crippen molar-refractivity contribution in [3.8, 4) is 5.75 Å². The Morgan fingerprint density at radius 3 is 2.72 bits per heavy atom. The third-order valence-corrected chi connectivity index (χ3v) is 3.52. The Hall–Kier alpha value is -1.30. The van der Waals surface area contributed by atoms with Crippen LogP contribution in [0.2, 0.25) is 5.02 Å². The van der Waals surface area contributed by atoms with Gasteiger partial charge in [-0.25, -0.2) is 5.43 Å². The highest BCUT2D eigenvalue weighted by atomic mass is 35.5. The first kappa shape index (κ1) is 13.1. The Bertz CT molecular complexity index is 467. The molecular weight excluding hydrogens is 256 g/mol. The fourth-order valence-electron chi connectivity index (χ4n) is 2.20. The minimum Gasteiger partial charge on any atom is -0.497 e. The fourth-order valence-corrected chi connectivity index (χ4v) is 2.49. The van der Waals surface area contributed by atoms with Crippen LogP contribution in [-0.2, 0) is 4.79 Å². The Kier molecular flexibility index (Phi) is 3.75. The van der Waals surface area contributed by atoms with Gasteiger partial charge in [0.1, 0.15) is 5.75 Å². The molecule has 1 aliphatic rings. The summed E-state index contributed by atoms with van der Waals surface area (Å²) >= 11 is 6.17. The molecule has 3 N–H and O–H groups in total. The highest BCUT2D eigenvalue weighted by Crippen LogP contribution is 2.34. The molecule has 1 aromatic rings. The van der Waals surface area contributed by atoms with Gasteiger partial charge < -0.3 is 9.84 Å². The molecule has 6 heteroatoms. The molecule has 0 aliphatic carbocycles. The molecule has 0 saturated carbocycles. The zero-order valence-corrected chi connectivity index (χ0v) is 10.9. The van der Waals surface area contributed by atoms with Crippen LogP contribution in [0, 0.1) is 5.92 Å². The summed E-state index contributed by atoms with van der Waals surface area (Å²) in [4.78, 5) is 11.3. The SMILES string of the molecule is COc1ccc(C2NNC(C)C2C(=O)O)c(Cl)c1. The highest BCUT2D eigenvalue weighted by Gasteiger charge is 2.40. The van der Waals surface area contributed by atoms with Crippen LogP contribution < -0.4 is 15.6 Å². The number of hydrazine groups is 1. The first-order valence-corrected chi connectivity index (χ1v) is 5.99. The van der Waals surface area contributed by atoms with Gasteiger partial charge >= 0.3 is 5.97 Å². The first-order valence-electron chi connectivity index (χ1n) is 5.62. The lowest BCUT2D eigenvalue weighted by molar-refractivity contribution is -0.142. The summed E-state index contributed by atoms with van der Waals surface area (Å²) in [7, 11) is 1.56. The van der Waals surface area contributed by atoms with E-state index < -0.39 is 11.9 Å². The number of benzene rings is 1. The number of carboxylic acids is 1. The van der Waals surface area contributed by atoms with Gasteiger partial charge in [0.25, 0.3) is 0 Å². The van der Waals surface area contributed by atoms with Crippen LogP contribution in [-0.4, -0.2) is 24.2 Å². The van der Waals surface area contributed by atoms with Crippen molar-refractivity contribution in [3.05, 3.63) is 28.8 Å².